The lowest BCUT2D eigenvalue weighted by molar-refractivity contribution is 0.387. The average Bonchev–Trinajstić information content (AvgIpc) is 2.35. The first-order chi connectivity index (χ1) is 8.69. The molecule has 1 aromatic carbocycles. The second kappa shape index (κ2) is 6.24. The van der Waals surface area contributed by atoms with Gasteiger partial charge in [0.25, 0.3) is 0 Å². The minimum atomic E-state index is 0.854. The minimum absolute atomic E-state index is 0.854. The van der Waals surface area contributed by atoms with Crippen LogP contribution in [0, 0.1) is 19.8 Å². The first-order valence-corrected chi connectivity index (χ1v) is 7.17. The van der Waals surface area contributed by atoms with Crippen molar-refractivity contribution < 1.29 is 0 Å². The van der Waals surface area contributed by atoms with Crippen LogP contribution in [0.5, 0.6) is 0 Å². The van der Waals surface area contributed by atoms with Gasteiger partial charge in [-0.2, -0.15) is 0 Å². The van der Waals surface area contributed by atoms with Crippen molar-refractivity contribution in [1.29, 1.82) is 0 Å². The number of aryl methyl sites for hydroxylation is 2. The third-order valence-electron chi connectivity index (χ3n) is 3.89. The van der Waals surface area contributed by atoms with Gasteiger partial charge in [0.15, 0.2) is 0 Å². The first kappa shape index (κ1) is 13.4. The van der Waals surface area contributed by atoms with Gasteiger partial charge in [0, 0.05) is 18.8 Å². The second-order valence-corrected chi connectivity index (χ2v) is 5.69. The van der Waals surface area contributed by atoms with E-state index in [9.17, 15) is 0 Å². The molecule has 1 atom stereocenters. The van der Waals surface area contributed by atoms with Crippen molar-refractivity contribution in [2.45, 2.75) is 33.1 Å². The Bertz CT molecular complexity index is 366. The van der Waals surface area contributed by atoms with E-state index in [2.05, 4.69) is 42.3 Å². The van der Waals surface area contributed by atoms with Crippen LogP contribution in [0.2, 0.25) is 0 Å². The highest BCUT2D eigenvalue weighted by Gasteiger charge is 2.19. The number of rotatable bonds is 4. The van der Waals surface area contributed by atoms with Gasteiger partial charge in [0.2, 0.25) is 0 Å². The third kappa shape index (κ3) is 3.49. The summed E-state index contributed by atoms with van der Waals surface area (Å²) in [7, 11) is 2.05. The fourth-order valence-corrected chi connectivity index (χ4v) is 3.02. The molecule has 2 rings (SSSR count). The molecule has 0 aliphatic carbocycles. The molecule has 1 aromatic rings. The highest BCUT2D eigenvalue weighted by molar-refractivity contribution is 5.51. The van der Waals surface area contributed by atoms with Crippen LogP contribution in [0.4, 0.5) is 5.69 Å². The molecule has 0 spiro atoms. The summed E-state index contributed by atoms with van der Waals surface area (Å²) in [5.74, 6) is 0.854. The fourth-order valence-electron chi connectivity index (χ4n) is 3.02. The van der Waals surface area contributed by atoms with Crippen molar-refractivity contribution in [3.63, 3.8) is 0 Å². The lowest BCUT2D eigenvalue weighted by atomic mass is 9.94. The highest BCUT2D eigenvalue weighted by Crippen LogP contribution is 2.26. The predicted molar refractivity (Wildman–Crippen MR) is 79.4 cm³/mol. The van der Waals surface area contributed by atoms with Gasteiger partial charge in [-0.3, -0.25) is 0 Å². The maximum atomic E-state index is 3.27. The normalized spacial score (nSPS) is 20.2. The summed E-state index contributed by atoms with van der Waals surface area (Å²) < 4.78 is 0. The van der Waals surface area contributed by atoms with Gasteiger partial charge < -0.3 is 10.2 Å². The molecule has 18 heavy (non-hydrogen) atoms. The molecule has 1 N–H and O–H groups in total. The summed E-state index contributed by atoms with van der Waals surface area (Å²) in [4.78, 5) is 2.57. The SMILES string of the molecule is CNCCC1CCCN(c2cc(C)cc(C)c2)C1. The van der Waals surface area contributed by atoms with Crippen LogP contribution in [-0.4, -0.2) is 26.7 Å². The molecule has 2 nitrogen and oxygen atoms in total. The van der Waals surface area contributed by atoms with E-state index in [-0.39, 0.29) is 0 Å². The molecular formula is C16H26N2. The van der Waals surface area contributed by atoms with Crippen LogP contribution < -0.4 is 10.2 Å². The second-order valence-electron chi connectivity index (χ2n) is 5.69. The molecule has 0 amide bonds. The van der Waals surface area contributed by atoms with E-state index in [1.807, 2.05) is 7.05 Å². The summed E-state index contributed by atoms with van der Waals surface area (Å²) in [5, 5.41) is 3.27. The van der Waals surface area contributed by atoms with Crippen molar-refractivity contribution in [1.82, 2.24) is 5.32 Å². The maximum absolute atomic E-state index is 3.27. The van der Waals surface area contributed by atoms with E-state index in [1.165, 1.54) is 49.2 Å². The molecule has 1 heterocycles. The van der Waals surface area contributed by atoms with Gasteiger partial charge in [0.05, 0.1) is 0 Å². The third-order valence-corrected chi connectivity index (χ3v) is 3.89. The number of nitrogens with zero attached hydrogens (tertiary/aromatic N) is 1. The Balaban J connectivity index is 2.03. The Morgan fingerprint density at radius 3 is 2.61 bits per heavy atom. The van der Waals surface area contributed by atoms with Gasteiger partial charge in [-0.15, -0.1) is 0 Å². The topological polar surface area (TPSA) is 15.3 Å². The van der Waals surface area contributed by atoms with Crippen LogP contribution >= 0.6 is 0 Å². The standard InChI is InChI=1S/C16H26N2/c1-13-9-14(2)11-16(10-13)18-8-4-5-15(12-18)6-7-17-3/h9-11,15,17H,4-8,12H2,1-3H3. The smallest absolute Gasteiger partial charge is 0.0371 e. The molecule has 0 bridgehead atoms. The molecule has 1 saturated heterocycles. The number of nitrogens with one attached hydrogen (secondary N) is 1. The predicted octanol–water partition coefficient (Wildman–Crippen LogP) is 3.13. The number of hydrogen-bond donors (Lipinski definition) is 1. The van der Waals surface area contributed by atoms with E-state index in [0.717, 1.165) is 12.5 Å². The van der Waals surface area contributed by atoms with Crippen molar-refractivity contribution in [3.8, 4) is 0 Å². The Morgan fingerprint density at radius 2 is 1.94 bits per heavy atom. The number of piperidine rings is 1. The zero-order chi connectivity index (χ0) is 13.0. The van der Waals surface area contributed by atoms with Gasteiger partial charge in [0.1, 0.15) is 0 Å². The lowest BCUT2D eigenvalue weighted by Gasteiger charge is -2.35. The molecule has 0 radical (unpaired) electrons. The van der Waals surface area contributed by atoms with Crippen LogP contribution in [0.15, 0.2) is 18.2 Å². The summed E-state index contributed by atoms with van der Waals surface area (Å²) in [6.07, 6.45) is 4.03. The quantitative estimate of drug-likeness (QED) is 0.878. The molecule has 100 valence electrons. The minimum Gasteiger partial charge on any atom is -0.371 e. The molecular weight excluding hydrogens is 220 g/mol. The Labute approximate surface area is 111 Å². The Morgan fingerprint density at radius 1 is 1.22 bits per heavy atom. The van der Waals surface area contributed by atoms with Crippen molar-refractivity contribution in [3.05, 3.63) is 29.3 Å². The van der Waals surface area contributed by atoms with Gasteiger partial charge in [-0.1, -0.05) is 6.07 Å². The largest absolute Gasteiger partial charge is 0.371 e. The molecule has 0 saturated carbocycles. The zero-order valence-corrected chi connectivity index (χ0v) is 12.0. The lowest BCUT2D eigenvalue weighted by Crippen LogP contribution is -2.36. The van der Waals surface area contributed by atoms with Gasteiger partial charge in [-0.05, 0) is 75.9 Å². The average molecular weight is 246 g/mol. The van der Waals surface area contributed by atoms with Crippen LogP contribution in [0.1, 0.15) is 30.4 Å². The Hall–Kier alpha value is -1.02. The van der Waals surface area contributed by atoms with E-state index in [0.29, 0.717) is 0 Å². The molecule has 1 aliphatic heterocycles. The fraction of sp³-hybridized carbons (Fsp3) is 0.625. The van der Waals surface area contributed by atoms with Crippen LogP contribution in [0.25, 0.3) is 0 Å². The highest BCUT2D eigenvalue weighted by atomic mass is 15.1. The summed E-state index contributed by atoms with van der Waals surface area (Å²) >= 11 is 0. The van der Waals surface area contributed by atoms with E-state index in [4.69, 9.17) is 0 Å². The van der Waals surface area contributed by atoms with Crippen molar-refractivity contribution >= 4 is 5.69 Å². The van der Waals surface area contributed by atoms with Gasteiger partial charge >= 0.3 is 0 Å². The van der Waals surface area contributed by atoms with E-state index >= 15 is 0 Å². The summed E-state index contributed by atoms with van der Waals surface area (Å²) in [6.45, 7) is 7.98. The molecule has 1 fully saturated rings. The Kier molecular flexibility index (Phi) is 4.65. The maximum Gasteiger partial charge on any atom is 0.0371 e. The molecule has 2 heteroatoms. The van der Waals surface area contributed by atoms with Gasteiger partial charge in [-0.25, -0.2) is 0 Å². The molecule has 1 aliphatic rings. The van der Waals surface area contributed by atoms with E-state index in [1.54, 1.807) is 0 Å². The molecule has 0 aromatic heterocycles. The van der Waals surface area contributed by atoms with Crippen molar-refractivity contribution in [2.24, 2.45) is 5.92 Å². The molecule has 1 unspecified atom stereocenters. The number of anilines is 1. The summed E-state index contributed by atoms with van der Waals surface area (Å²) in [5.41, 5.74) is 4.17. The summed E-state index contributed by atoms with van der Waals surface area (Å²) in [6, 6.07) is 6.91. The van der Waals surface area contributed by atoms with Crippen LogP contribution in [-0.2, 0) is 0 Å². The monoisotopic (exact) mass is 246 g/mol. The number of benzene rings is 1. The first-order valence-electron chi connectivity index (χ1n) is 7.17. The van der Waals surface area contributed by atoms with E-state index < -0.39 is 0 Å². The van der Waals surface area contributed by atoms with Crippen LogP contribution in [0.3, 0.4) is 0 Å². The van der Waals surface area contributed by atoms with Crippen molar-refractivity contribution in [2.75, 3.05) is 31.6 Å². The number of hydrogen-bond acceptors (Lipinski definition) is 2. The zero-order valence-electron chi connectivity index (χ0n) is 12.0.